The van der Waals surface area contributed by atoms with Gasteiger partial charge in [-0.3, -0.25) is 4.21 Å². The average molecular weight is 278 g/mol. The zero-order valence-electron chi connectivity index (χ0n) is 8.99. The van der Waals surface area contributed by atoms with Gasteiger partial charge in [0.25, 0.3) is 0 Å². The highest BCUT2D eigenvalue weighted by Gasteiger charge is 2.09. The van der Waals surface area contributed by atoms with E-state index >= 15 is 0 Å². The van der Waals surface area contributed by atoms with Gasteiger partial charge in [0.05, 0.1) is 0 Å². The summed E-state index contributed by atoms with van der Waals surface area (Å²) in [5.74, 6) is 0. The molecule has 88 valence electrons. The van der Waals surface area contributed by atoms with Crippen molar-refractivity contribution in [2.45, 2.75) is 18.6 Å². The molecule has 0 saturated heterocycles. The second kappa shape index (κ2) is 6.18. The molecule has 1 aromatic rings. The molecule has 0 radical (unpaired) electrons. The first-order valence-electron chi connectivity index (χ1n) is 4.67. The molecule has 1 heterocycles. The number of nitrogens with zero attached hydrogens (tertiary/aromatic N) is 2. The summed E-state index contributed by atoms with van der Waals surface area (Å²) in [6, 6.07) is 1.97. The quantitative estimate of drug-likeness (QED) is 0.896. The van der Waals surface area contributed by atoms with E-state index in [-0.39, 0.29) is 10.4 Å². The van der Waals surface area contributed by atoms with Crippen molar-refractivity contribution in [3.63, 3.8) is 0 Å². The van der Waals surface area contributed by atoms with Crippen LogP contribution < -0.4 is 5.32 Å². The number of halogens is 1. The van der Waals surface area contributed by atoms with Crippen molar-refractivity contribution in [1.29, 1.82) is 5.26 Å². The lowest BCUT2D eigenvalue weighted by atomic mass is 10.3. The normalized spacial score (nSPS) is 14.1. The van der Waals surface area contributed by atoms with E-state index in [4.69, 9.17) is 16.9 Å². The van der Waals surface area contributed by atoms with Crippen LogP contribution in [0.1, 0.15) is 18.2 Å². The Kier molecular flexibility index (Phi) is 5.19. The van der Waals surface area contributed by atoms with Gasteiger partial charge in [-0.1, -0.05) is 29.9 Å². The predicted octanol–water partition coefficient (Wildman–Crippen LogP) is 2.24. The molecule has 0 amide bonds. The maximum Gasteiger partial charge on any atom is 0.185 e. The van der Waals surface area contributed by atoms with E-state index in [1.54, 1.807) is 6.26 Å². The van der Waals surface area contributed by atoms with Gasteiger partial charge in [0, 0.05) is 28.9 Å². The lowest BCUT2D eigenvalue weighted by Gasteiger charge is -2.07. The van der Waals surface area contributed by atoms with E-state index in [1.807, 2.05) is 13.0 Å². The fourth-order valence-corrected chi connectivity index (χ4v) is 2.42. The lowest BCUT2D eigenvalue weighted by molar-refractivity contribution is 0.672. The van der Waals surface area contributed by atoms with E-state index in [1.165, 1.54) is 11.3 Å². The van der Waals surface area contributed by atoms with Crippen LogP contribution in [0.2, 0.25) is 5.15 Å². The molecule has 1 rings (SSSR count). The Morgan fingerprint density at radius 2 is 2.44 bits per heavy atom. The fourth-order valence-electron chi connectivity index (χ4n) is 0.994. The van der Waals surface area contributed by atoms with Crippen molar-refractivity contribution in [2.75, 3.05) is 18.1 Å². The van der Waals surface area contributed by atoms with Gasteiger partial charge >= 0.3 is 0 Å². The van der Waals surface area contributed by atoms with Gasteiger partial charge in [-0.25, -0.2) is 4.98 Å². The van der Waals surface area contributed by atoms with Gasteiger partial charge in [0.1, 0.15) is 10.9 Å². The standard InChI is InChI=1S/C9H12ClN3OS2/c1-6(16(2)14)3-4-12-9-13-8(10)7(5-11)15-9/h6H,3-4H2,1-2H3,(H,12,13). The molecular weight excluding hydrogens is 266 g/mol. The molecule has 0 bridgehead atoms. The largest absolute Gasteiger partial charge is 0.361 e. The summed E-state index contributed by atoms with van der Waals surface area (Å²) in [6.07, 6.45) is 2.49. The Morgan fingerprint density at radius 1 is 1.75 bits per heavy atom. The smallest absolute Gasteiger partial charge is 0.185 e. The van der Waals surface area contributed by atoms with Gasteiger partial charge in [0.15, 0.2) is 10.3 Å². The second-order valence-corrected chi connectivity index (χ2v) is 6.43. The van der Waals surface area contributed by atoms with Crippen LogP contribution in [0.25, 0.3) is 0 Å². The molecule has 4 nitrogen and oxygen atoms in total. The number of hydrogen-bond donors (Lipinski definition) is 1. The van der Waals surface area contributed by atoms with Gasteiger partial charge in [-0.2, -0.15) is 5.26 Å². The number of aromatic nitrogens is 1. The minimum Gasteiger partial charge on any atom is -0.361 e. The van der Waals surface area contributed by atoms with Crippen LogP contribution in [0.15, 0.2) is 0 Å². The van der Waals surface area contributed by atoms with Crippen molar-refractivity contribution in [2.24, 2.45) is 0 Å². The highest BCUT2D eigenvalue weighted by atomic mass is 35.5. The number of nitriles is 1. The zero-order chi connectivity index (χ0) is 12.1. The minimum absolute atomic E-state index is 0.151. The van der Waals surface area contributed by atoms with Crippen LogP contribution in [-0.2, 0) is 10.8 Å². The summed E-state index contributed by atoms with van der Waals surface area (Å²) < 4.78 is 11.1. The zero-order valence-corrected chi connectivity index (χ0v) is 11.4. The third-order valence-corrected chi connectivity index (χ3v) is 4.75. The van der Waals surface area contributed by atoms with Gasteiger partial charge in [0.2, 0.25) is 0 Å². The number of anilines is 1. The van der Waals surface area contributed by atoms with Crippen molar-refractivity contribution in [3.8, 4) is 6.07 Å². The molecule has 0 saturated carbocycles. The molecule has 0 aliphatic carbocycles. The first kappa shape index (κ1) is 13.4. The number of nitrogens with one attached hydrogen (secondary N) is 1. The molecular formula is C9H12ClN3OS2. The first-order chi connectivity index (χ1) is 7.54. The highest BCUT2D eigenvalue weighted by molar-refractivity contribution is 7.84. The summed E-state index contributed by atoms with van der Waals surface area (Å²) >= 11 is 6.95. The predicted molar refractivity (Wildman–Crippen MR) is 68.5 cm³/mol. The number of thiazole rings is 1. The SMILES string of the molecule is CC(CCNc1nc(Cl)c(C#N)s1)S(C)=O. The van der Waals surface area contributed by atoms with E-state index < -0.39 is 10.8 Å². The van der Waals surface area contributed by atoms with E-state index in [2.05, 4.69) is 10.3 Å². The summed E-state index contributed by atoms with van der Waals surface area (Å²) in [5, 5.41) is 12.8. The van der Waals surface area contributed by atoms with Crippen molar-refractivity contribution < 1.29 is 4.21 Å². The lowest BCUT2D eigenvalue weighted by Crippen LogP contribution is -2.14. The van der Waals surface area contributed by atoms with Gasteiger partial charge in [-0.15, -0.1) is 0 Å². The minimum atomic E-state index is -0.804. The Morgan fingerprint density at radius 3 is 2.94 bits per heavy atom. The summed E-state index contributed by atoms with van der Waals surface area (Å²) in [6.45, 7) is 2.61. The molecule has 0 aromatic carbocycles. The van der Waals surface area contributed by atoms with Crippen LogP contribution in [-0.4, -0.2) is 27.2 Å². The van der Waals surface area contributed by atoms with Gasteiger partial charge < -0.3 is 5.32 Å². The van der Waals surface area contributed by atoms with Crippen LogP contribution in [0.5, 0.6) is 0 Å². The monoisotopic (exact) mass is 277 g/mol. The van der Waals surface area contributed by atoms with Crippen LogP contribution in [0.4, 0.5) is 5.13 Å². The van der Waals surface area contributed by atoms with E-state index in [9.17, 15) is 4.21 Å². The third-order valence-electron chi connectivity index (χ3n) is 2.08. The summed E-state index contributed by atoms with van der Waals surface area (Å²) in [4.78, 5) is 4.41. The maximum absolute atomic E-state index is 11.1. The van der Waals surface area contributed by atoms with Crippen LogP contribution in [0, 0.1) is 11.3 Å². The van der Waals surface area contributed by atoms with Crippen LogP contribution >= 0.6 is 22.9 Å². The van der Waals surface area contributed by atoms with Crippen molar-refractivity contribution >= 4 is 38.9 Å². The summed E-state index contributed by atoms with van der Waals surface area (Å²) in [7, 11) is -0.804. The highest BCUT2D eigenvalue weighted by Crippen LogP contribution is 2.25. The van der Waals surface area contributed by atoms with Crippen molar-refractivity contribution in [3.05, 3.63) is 10.0 Å². The van der Waals surface area contributed by atoms with Crippen LogP contribution in [0.3, 0.4) is 0 Å². The van der Waals surface area contributed by atoms with Gasteiger partial charge in [-0.05, 0) is 6.42 Å². The maximum atomic E-state index is 11.1. The Balaban J connectivity index is 2.44. The van der Waals surface area contributed by atoms with Crippen molar-refractivity contribution in [1.82, 2.24) is 4.98 Å². The molecule has 0 aliphatic rings. The molecule has 1 N–H and O–H groups in total. The molecule has 0 fully saturated rings. The number of rotatable bonds is 5. The molecule has 16 heavy (non-hydrogen) atoms. The fraction of sp³-hybridized carbons (Fsp3) is 0.556. The summed E-state index contributed by atoms with van der Waals surface area (Å²) in [5.41, 5.74) is 0. The average Bonchev–Trinajstić information content (AvgIpc) is 2.58. The first-order valence-corrected chi connectivity index (χ1v) is 7.48. The van der Waals surface area contributed by atoms with E-state index in [0.29, 0.717) is 16.6 Å². The Bertz CT molecular complexity index is 427. The molecule has 7 heteroatoms. The molecule has 2 unspecified atom stereocenters. The second-order valence-electron chi connectivity index (χ2n) is 3.28. The third kappa shape index (κ3) is 3.74. The Labute approximate surface area is 106 Å². The molecule has 0 spiro atoms. The van der Waals surface area contributed by atoms with E-state index in [0.717, 1.165) is 6.42 Å². The topological polar surface area (TPSA) is 65.8 Å². The Hall–Kier alpha value is -0.640. The molecule has 0 aliphatic heterocycles. The molecule has 2 atom stereocenters. The molecule has 1 aromatic heterocycles. The number of hydrogen-bond acceptors (Lipinski definition) is 5.